The smallest absolute Gasteiger partial charge is 0.0950 e. The van der Waals surface area contributed by atoms with E-state index in [2.05, 4.69) is 18.3 Å². The van der Waals surface area contributed by atoms with Crippen molar-refractivity contribution in [3.8, 4) is 0 Å². The predicted molar refractivity (Wildman–Crippen MR) is 75.0 cm³/mol. The van der Waals surface area contributed by atoms with E-state index in [1.54, 1.807) is 6.26 Å². The van der Waals surface area contributed by atoms with E-state index in [9.17, 15) is 0 Å². The number of rotatable bonds is 5. The molecule has 1 aromatic rings. The number of ether oxygens (including phenoxy) is 1. The highest BCUT2D eigenvalue weighted by molar-refractivity contribution is 5.14. The SMILES string of the molecule is CCCNC(c1ccoc1)C1CCOC2(CCC2)C1. The number of nitrogens with one attached hydrogen (secondary N) is 1. The van der Waals surface area contributed by atoms with Gasteiger partial charge in [-0.25, -0.2) is 0 Å². The standard InChI is InChI=1S/C16H25NO2/c1-2-8-17-15(14-4-9-18-12-14)13-5-10-19-16(11-13)6-3-7-16/h4,9,12-13,15,17H,2-3,5-8,10-11H2,1H3. The third-order valence-corrected chi connectivity index (χ3v) is 4.78. The Labute approximate surface area is 115 Å². The predicted octanol–water partition coefficient (Wildman–Crippen LogP) is 3.67. The number of furan rings is 1. The highest BCUT2D eigenvalue weighted by Crippen LogP contribution is 2.47. The number of hydrogen-bond acceptors (Lipinski definition) is 3. The van der Waals surface area contributed by atoms with Gasteiger partial charge >= 0.3 is 0 Å². The van der Waals surface area contributed by atoms with Gasteiger partial charge in [-0.15, -0.1) is 0 Å². The maximum atomic E-state index is 6.05. The average Bonchev–Trinajstić information content (AvgIpc) is 2.92. The summed E-state index contributed by atoms with van der Waals surface area (Å²) in [6.45, 7) is 4.21. The van der Waals surface area contributed by atoms with Crippen LogP contribution < -0.4 is 5.32 Å². The van der Waals surface area contributed by atoms with Crippen molar-refractivity contribution < 1.29 is 9.15 Å². The maximum absolute atomic E-state index is 6.05. The van der Waals surface area contributed by atoms with Gasteiger partial charge in [0.05, 0.1) is 18.1 Å². The molecule has 2 atom stereocenters. The van der Waals surface area contributed by atoms with E-state index in [1.807, 2.05) is 6.26 Å². The van der Waals surface area contributed by atoms with E-state index < -0.39 is 0 Å². The summed E-state index contributed by atoms with van der Waals surface area (Å²) in [4.78, 5) is 0. The molecule has 2 unspecified atom stereocenters. The zero-order valence-electron chi connectivity index (χ0n) is 11.9. The molecule has 0 aromatic carbocycles. The van der Waals surface area contributed by atoms with Crippen molar-refractivity contribution in [3.05, 3.63) is 24.2 Å². The molecule has 19 heavy (non-hydrogen) atoms. The lowest BCUT2D eigenvalue weighted by atomic mass is 9.70. The van der Waals surface area contributed by atoms with Crippen molar-refractivity contribution in [3.63, 3.8) is 0 Å². The van der Waals surface area contributed by atoms with E-state index in [4.69, 9.17) is 9.15 Å². The summed E-state index contributed by atoms with van der Waals surface area (Å²) >= 11 is 0. The second kappa shape index (κ2) is 5.68. The normalized spacial score (nSPS) is 27.1. The van der Waals surface area contributed by atoms with Crippen LogP contribution in [0.1, 0.15) is 57.1 Å². The molecule has 1 saturated carbocycles. The molecule has 2 aliphatic rings. The lowest BCUT2D eigenvalue weighted by Gasteiger charge is -2.48. The minimum Gasteiger partial charge on any atom is -0.472 e. The van der Waals surface area contributed by atoms with E-state index in [-0.39, 0.29) is 5.60 Å². The van der Waals surface area contributed by atoms with Gasteiger partial charge in [0.2, 0.25) is 0 Å². The van der Waals surface area contributed by atoms with Crippen LogP contribution in [0.25, 0.3) is 0 Å². The van der Waals surface area contributed by atoms with Crippen LogP contribution >= 0.6 is 0 Å². The molecule has 106 valence electrons. The second-order valence-electron chi connectivity index (χ2n) is 6.13. The molecule has 1 aliphatic heterocycles. The highest BCUT2D eigenvalue weighted by atomic mass is 16.5. The summed E-state index contributed by atoms with van der Waals surface area (Å²) in [5.41, 5.74) is 1.52. The molecule has 0 bridgehead atoms. The third-order valence-electron chi connectivity index (χ3n) is 4.78. The molecule has 3 heteroatoms. The summed E-state index contributed by atoms with van der Waals surface area (Å²) in [7, 11) is 0. The fourth-order valence-corrected chi connectivity index (χ4v) is 3.58. The van der Waals surface area contributed by atoms with Crippen LogP contribution in [-0.2, 0) is 4.74 Å². The topological polar surface area (TPSA) is 34.4 Å². The Morgan fingerprint density at radius 2 is 2.37 bits per heavy atom. The van der Waals surface area contributed by atoms with Gasteiger partial charge in [-0.05, 0) is 57.1 Å². The van der Waals surface area contributed by atoms with Gasteiger partial charge in [-0.3, -0.25) is 0 Å². The van der Waals surface area contributed by atoms with Crippen molar-refractivity contribution >= 4 is 0 Å². The minimum atomic E-state index is 0.221. The van der Waals surface area contributed by atoms with Gasteiger partial charge in [0.15, 0.2) is 0 Å². The summed E-state index contributed by atoms with van der Waals surface area (Å²) in [5, 5.41) is 3.71. The molecule has 1 aromatic heterocycles. The van der Waals surface area contributed by atoms with Crippen LogP contribution in [0.5, 0.6) is 0 Å². The molecule has 3 rings (SSSR count). The van der Waals surface area contributed by atoms with Gasteiger partial charge in [0.1, 0.15) is 0 Å². The molecular formula is C16H25NO2. The van der Waals surface area contributed by atoms with Gasteiger partial charge in [-0.2, -0.15) is 0 Å². The Kier molecular flexibility index (Phi) is 3.94. The molecule has 2 fully saturated rings. The molecule has 1 N–H and O–H groups in total. The maximum Gasteiger partial charge on any atom is 0.0950 e. The number of hydrogen-bond donors (Lipinski definition) is 1. The lowest BCUT2D eigenvalue weighted by molar-refractivity contribution is -0.147. The van der Waals surface area contributed by atoms with Gasteiger partial charge < -0.3 is 14.5 Å². The molecule has 2 heterocycles. The van der Waals surface area contributed by atoms with E-state index in [0.29, 0.717) is 12.0 Å². The Balaban J connectivity index is 1.71. The first-order chi connectivity index (χ1) is 9.33. The molecule has 1 spiro atoms. The van der Waals surface area contributed by atoms with Gasteiger partial charge in [0, 0.05) is 18.2 Å². The summed E-state index contributed by atoms with van der Waals surface area (Å²) in [6, 6.07) is 2.54. The van der Waals surface area contributed by atoms with E-state index in [0.717, 1.165) is 19.6 Å². The summed E-state index contributed by atoms with van der Waals surface area (Å²) in [6.07, 6.45) is 11.1. The summed E-state index contributed by atoms with van der Waals surface area (Å²) in [5.74, 6) is 0.679. The van der Waals surface area contributed by atoms with Crippen LogP contribution in [0.4, 0.5) is 0 Å². The molecule has 1 saturated heterocycles. The van der Waals surface area contributed by atoms with Crippen molar-refractivity contribution in [1.29, 1.82) is 0 Å². The van der Waals surface area contributed by atoms with Crippen LogP contribution in [0.3, 0.4) is 0 Å². The highest BCUT2D eigenvalue weighted by Gasteiger charge is 2.44. The van der Waals surface area contributed by atoms with Crippen molar-refractivity contribution in [2.75, 3.05) is 13.2 Å². The Morgan fingerprint density at radius 3 is 3.00 bits per heavy atom. The third kappa shape index (κ3) is 2.72. The van der Waals surface area contributed by atoms with E-state index in [1.165, 1.54) is 37.7 Å². The zero-order valence-corrected chi connectivity index (χ0v) is 11.9. The van der Waals surface area contributed by atoms with E-state index >= 15 is 0 Å². The first kappa shape index (κ1) is 13.2. The molecule has 0 radical (unpaired) electrons. The average molecular weight is 263 g/mol. The Bertz CT molecular complexity index is 383. The first-order valence-corrected chi connectivity index (χ1v) is 7.72. The van der Waals surface area contributed by atoms with Gasteiger partial charge in [0.25, 0.3) is 0 Å². The van der Waals surface area contributed by atoms with Gasteiger partial charge in [-0.1, -0.05) is 6.92 Å². The van der Waals surface area contributed by atoms with Crippen molar-refractivity contribution in [1.82, 2.24) is 5.32 Å². The lowest BCUT2D eigenvalue weighted by Crippen LogP contribution is -2.48. The fraction of sp³-hybridized carbons (Fsp3) is 0.750. The van der Waals surface area contributed by atoms with Crippen LogP contribution in [-0.4, -0.2) is 18.8 Å². The Morgan fingerprint density at radius 1 is 1.47 bits per heavy atom. The van der Waals surface area contributed by atoms with Crippen LogP contribution in [0.2, 0.25) is 0 Å². The zero-order chi connectivity index (χ0) is 13.1. The Hall–Kier alpha value is -0.800. The van der Waals surface area contributed by atoms with Crippen molar-refractivity contribution in [2.45, 2.75) is 57.1 Å². The minimum absolute atomic E-state index is 0.221. The van der Waals surface area contributed by atoms with Crippen molar-refractivity contribution in [2.24, 2.45) is 5.92 Å². The second-order valence-corrected chi connectivity index (χ2v) is 6.13. The largest absolute Gasteiger partial charge is 0.472 e. The quantitative estimate of drug-likeness (QED) is 0.880. The molecule has 3 nitrogen and oxygen atoms in total. The first-order valence-electron chi connectivity index (χ1n) is 7.72. The summed E-state index contributed by atoms with van der Waals surface area (Å²) < 4.78 is 11.3. The monoisotopic (exact) mass is 263 g/mol. The van der Waals surface area contributed by atoms with Crippen LogP contribution in [0.15, 0.2) is 23.0 Å². The van der Waals surface area contributed by atoms with Crippen LogP contribution in [0, 0.1) is 5.92 Å². The fourth-order valence-electron chi connectivity index (χ4n) is 3.58. The molecule has 0 amide bonds. The molecular weight excluding hydrogens is 238 g/mol. The molecule has 1 aliphatic carbocycles.